The number of carbonyl (C=O) groups excluding carboxylic acids is 1. The number of aliphatic hydroxyl groups is 1. The fourth-order valence-electron chi connectivity index (χ4n) is 3.71. The van der Waals surface area contributed by atoms with Crippen molar-refractivity contribution in [3.05, 3.63) is 94.5 Å². The molecule has 0 radical (unpaired) electrons. The summed E-state index contributed by atoms with van der Waals surface area (Å²) in [5, 5.41) is 13.0. The number of alkyl carbamates (subject to hydrolysis) is 1. The van der Waals surface area contributed by atoms with Crippen LogP contribution in [0, 0.1) is 0 Å². The van der Waals surface area contributed by atoms with Crippen LogP contribution in [0.25, 0.3) is 11.1 Å². The van der Waals surface area contributed by atoms with Crippen molar-refractivity contribution < 1.29 is 14.6 Å². The molecule has 142 valence electrons. The van der Waals surface area contributed by atoms with Crippen LogP contribution in [0.2, 0.25) is 5.02 Å². The average Bonchev–Trinajstić information content (AvgIpc) is 3.05. The normalized spacial score (nSPS) is 13.5. The molecule has 0 fully saturated rings. The largest absolute Gasteiger partial charge is 0.449 e. The van der Waals surface area contributed by atoms with Crippen molar-refractivity contribution in [2.24, 2.45) is 0 Å². The Morgan fingerprint density at radius 1 is 0.964 bits per heavy atom. The van der Waals surface area contributed by atoms with Crippen LogP contribution in [0.3, 0.4) is 0 Å². The molecule has 0 spiro atoms. The minimum absolute atomic E-state index is 0.00117. The molecule has 4 nitrogen and oxygen atoms in total. The van der Waals surface area contributed by atoms with Crippen LogP contribution in [-0.2, 0) is 4.74 Å². The summed E-state index contributed by atoms with van der Waals surface area (Å²) in [5.41, 5.74) is 5.45. The standard InChI is InChI=1S/C23H20ClNO3/c24-16-11-9-15(10-12-16)22(13-26)25-23(27)28-14-21-19-7-3-1-5-17(19)18-6-2-4-8-20(18)21/h1-12,21-22,26H,13-14H2,(H,25,27)/t22-/m1/s1. The predicted molar refractivity (Wildman–Crippen MR) is 109 cm³/mol. The Kier molecular flexibility index (Phi) is 5.33. The summed E-state index contributed by atoms with van der Waals surface area (Å²) in [6.45, 7) is 0.00442. The molecule has 1 atom stereocenters. The molecule has 0 aromatic heterocycles. The zero-order valence-electron chi connectivity index (χ0n) is 15.1. The molecule has 0 heterocycles. The monoisotopic (exact) mass is 393 g/mol. The van der Waals surface area contributed by atoms with Crippen molar-refractivity contribution in [3.63, 3.8) is 0 Å². The number of ether oxygens (including phenoxy) is 1. The second kappa shape index (κ2) is 8.05. The quantitative estimate of drug-likeness (QED) is 0.647. The van der Waals surface area contributed by atoms with E-state index >= 15 is 0 Å². The number of amides is 1. The van der Waals surface area contributed by atoms with Gasteiger partial charge in [-0.05, 0) is 39.9 Å². The molecule has 0 saturated heterocycles. The van der Waals surface area contributed by atoms with Gasteiger partial charge in [0.2, 0.25) is 0 Å². The summed E-state index contributed by atoms with van der Waals surface area (Å²) in [6.07, 6.45) is -0.559. The Bertz CT molecular complexity index is 942. The van der Waals surface area contributed by atoms with Crippen molar-refractivity contribution in [1.29, 1.82) is 0 Å². The summed E-state index contributed by atoms with van der Waals surface area (Å²) in [6, 6.07) is 22.8. The maximum Gasteiger partial charge on any atom is 0.407 e. The Hall–Kier alpha value is -2.82. The second-order valence-electron chi connectivity index (χ2n) is 6.76. The molecule has 0 aliphatic heterocycles. The Morgan fingerprint density at radius 3 is 2.11 bits per heavy atom. The summed E-state index contributed by atoms with van der Waals surface area (Å²) >= 11 is 5.90. The highest BCUT2D eigenvalue weighted by Gasteiger charge is 2.29. The molecular weight excluding hydrogens is 374 g/mol. The van der Waals surface area contributed by atoms with E-state index in [0.29, 0.717) is 5.02 Å². The fourth-order valence-corrected chi connectivity index (χ4v) is 3.84. The first-order valence-electron chi connectivity index (χ1n) is 9.15. The number of hydrogen-bond donors (Lipinski definition) is 2. The average molecular weight is 394 g/mol. The third-order valence-electron chi connectivity index (χ3n) is 5.09. The smallest absolute Gasteiger partial charge is 0.407 e. The Balaban J connectivity index is 1.45. The number of nitrogens with one attached hydrogen (secondary N) is 1. The van der Waals surface area contributed by atoms with Crippen LogP contribution in [0.15, 0.2) is 72.8 Å². The van der Waals surface area contributed by atoms with E-state index in [-0.39, 0.29) is 19.1 Å². The number of benzene rings is 3. The van der Waals surface area contributed by atoms with Gasteiger partial charge in [-0.1, -0.05) is 72.3 Å². The Labute approximate surface area is 168 Å². The fraction of sp³-hybridized carbons (Fsp3) is 0.174. The molecule has 4 rings (SSSR count). The van der Waals surface area contributed by atoms with Crippen molar-refractivity contribution in [2.45, 2.75) is 12.0 Å². The highest BCUT2D eigenvalue weighted by Crippen LogP contribution is 2.44. The third-order valence-corrected chi connectivity index (χ3v) is 5.34. The van der Waals surface area contributed by atoms with E-state index in [0.717, 1.165) is 16.7 Å². The van der Waals surface area contributed by atoms with E-state index < -0.39 is 12.1 Å². The molecule has 1 aliphatic carbocycles. The first-order valence-corrected chi connectivity index (χ1v) is 9.53. The molecule has 5 heteroatoms. The first kappa shape index (κ1) is 18.5. The predicted octanol–water partition coefficient (Wildman–Crippen LogP) is 4.91. The number of halogens is 1. The number of hydrogen-bond acceptors (Lipinski definition) is 3. The zero-order chi connectivity index (χ0) is 19.5. The van der Waals surface area contributed by atoms with E-state index in [9.17, 15) is 9.90 Å². The topological polar surface area (TPSA) is 58.6 Å². The lowest BCUT2D eigenvalue weighted by Crippen LogP contribution is -2.32. The summed E-state index contributed by atoms with van der Waals surface area (Å²) in [7, 11) is 0. The van der Waals surface area contributed by atoms with Gasteiger partial charge < -0.3 is 15.2 Å². The zero-order valence-corrected chi connectivity index (χ0v) is 15.9. The Morgan fingerprint density at radius 2 is 1.54 bits per heavy atom. The highest BCUT2D eigenvalue weighted by atomic mass is 35.5. The number of rotatable bonds is 5. The van der Waals surface area contributed by atoms with Gasteiger partial charge in [0.25, 0.3) is 0 Å². The number of aliphatic hydroxyl groups excluding tert-OH is 1. The molecule has 3 aromatic rings. The van der Waals surface area contributed by atoms with Gasteiger partial charge in [-0.3, -0.25) is 0 Å². The molecule has 0 unspecified atom stereocenters. The molecule has 3 aromatic carbocycles. The molecule has 2 N–H and O–H groups in total. The molecule has 0 saturated carbocycles. The van der Waals surface area contributed by atoms with Gasteiger partial charge in [-0.15, -0.1) is 0 Å². The van der Waals surface area contributed by atoms with Crippen molar-refractivity contribution in [2.75, 3.05) is 13.2 Å². The van der Waals surface area contributed by atoms with Gasteiger partial charge in [-0.25, -0.2) is 4.79 Å². The minimum atomic E-state index is -0.559. The van der Waals surface area contributed by atoms with Gasteiger partial charge in [0.15, 0.2) is 0 Å². The summed E-state index contributed by atoms with van der Waals surface area (Å²) < 4.78 is 5.53. The van der Waals surface area contributed by atoms with Crippen molar-refractivity contribution >= 4 is 17.7 Å². The SMILES string of the molecule is O=C(N[C@H](CO)c1ccc(Cl)cc1)OCC1c2ccccc2-c2ccccc21. The van der Waals surface area contributed by atoms with E-state index in [1.54, 1.807) is 24.3 Å². The maximum atomic E-state index is 12.4. The van der Waals surface area contributed by atoms with Gasteiger partial charge in [0.05, 0.1) is 12.6 Å². The van der Waals surface area contributed by atoms with Gasteiger partial charge in [-0.2, -0.15) is 0 Å². The molecule has 0 bridgehead atoms. The lowest BCUT2D eigenvalue weighted by Gasteiger charge is -2.19. The van der Waals surface area contributed by atoms with Crippen LogP contribution in [0.4, 0.5) is 4.79 Å². The lowest BCUT2D eigenvalue weighted by atomic mass is 9.98. The van der Waals surface area contributed by atoms with Crippen LogP contribution in [-0.4, -0.2) is 24.4 Å². The van der Waals surface area contributed by atoms with Gasteiger partial charge in [0, 0.05) is 10.9 Å². The van der Waals surface area contributed by atoms with Gasteiger partial charge in [0.1, 0.15) is 6.61 Å². The van der Waals surface area contributed by atoms with Gasteiger partial charge >= 0.3 is 6.09 Å². The first-order chi connectivity index (χ1) is 13.7. The van der Waals surface area contributed by atoms with Crippen LogP contribution < -0.4 is 5.32 Å². The second-order valence-corrected chi connectivity index (χ2v) is 7.19. The van der Waals surface area contributed by atoms with Crippen LogP contribution in [0.1, 0.15) is 28.7 Å². The number of carbonyl (C=O) groups is 1. The lowest BCUT2D eigenvalue weighted by molar-refractivity contribution is 0.132. The number of fused-ring (bicyclic) bond motifs is 3. The minimum Gasteiger partial charge on any atom is -0.449 e. The molecular formula is C23H20ClNO3. The third kappa shape index (κ3) is 3.61. The van der Waals surface area contributed by atoms with E-state index in [1.165, 1.54) is 11.1 Å². The highest BCUT2D eigenvalue weighted by molar-refractivity contribution is 6.30. The van der Waals surface area contributed by atoms with E-state index in [4.69, 9.17) is 16.3 Å². The van der Waals surface area contributed by atoms with Crippen molar-refractivity contribution in [3.8, 4) is 11.1 Å². The maximum absolute atomic E-state index is 12.4. The van der Waals surface area contributed by atoms with Crippen LogP contribution >= 0.6 is 11.6 Å². The van der Waals surface area contributed by atoms with E-state index in [2.05, 4.69) is 29.6 Å². The molecule has 28 heavy (non-hydrogen) atoms. The van der Waals surface area contributed by atoms with Crippen LogP contribution in [0.5, 0.6) is 0 Å². The summed E-state index contributed by atoms with van der Waals surface area (Å²) in [4.78, 5) is 12.4. The van der Waals surface area contributed by atoms with E-state index in [1.807, 2.05) is 24.3 Å². The summed E-state index contributed by atoms with van der Waals surface area (Å²) in [5.74, 6) is 0.00117. The molecule has 1 aliphatic rings. The molecule has 1 amide bonds. The van der Waals surface area contributed by atoms with Crippen molar-refractivity contribution in [1.82, 2.24) is 5.32 Å².